The van der Waals surface area contributed by atoms with Crippen LogP contribution in [0.3, 0.4) is 0 Å². The smallest absolute Gasteiger partial charge is 0.407 e. The van der Waals surface area contributed by atoms with Crippen molar-refractivity contribution in [2.75, 3.05) is 26.3 Å². The third-order valence-electron chi connectivity index (χ3n) is 5.26. The highest BCUT2D eigenvalue weighted by Crippen LogP contribution is 2.40. The van der Waals surface area contributed by atoms with Crippen LogP contribution in [-0.4, -0.2) is 52.4 Å². The van der Waals surface area contributed by atoms with Gasteiger partial charge in [0, 0.05) is 44.3 Å². The van der Waals surface area contributed by atoms with Gasteiger partial charge in [0.05, 0.1) is 10.7 Å². The molecule has 2 aromatic rings. The molecule has 0 radical (unpaired) electrons. The number of halogens is 1. The number of ether oxygens (including phenoxy) is 1. The number of hydrogen-bond acceptors (Lipinski definition) is 6. The van der Waals surface area contributed by atoms with Gasteiger partial charge in [0.15, 0.2) is 11.0 Å². The fourth-order valence-corrected chi connectivity index (χ4v) is 4.63. The molecule has 2 aromatic heterocycles. The van der Waals surface area contributed by atoms with E-state index in [1.54, 1.807) is 12.3 Å². The largest absolute Gasteiger partial charge is 0.465 e. The molecule has 2 fully saturated rings. The van der Waals surface area contributed by atoms with Gasteiger partial charge in [-0.05, 0) is 49.6 Å². The lowest BCUT2D eigenvalue weighted by atomic mass is 9.94. The fraction of sp³-hybridized carbons (Fsp3) is 0.526. The highest BCUT2D eigenvalue weighted by molar-refractivity contribution is 7.99. The molecule has 0 saturated carbocycles. The Morgan fingerprint density at radius 3 is 2.57 bits per heavy atom. The molecule has 0 aliphatic carbocycles. The number of oxazole rings is 1. The summed E-state index contributed by atoms with van der Waals surface area (Å²) in [5.41, 5.74) is 0.924. The molecule has 4 rings (SSSR count). The zero-order valence-electron chi connectivity index (χ0n) is 15.3. The number of hydrogen-bond donors (Lipinski definition) is 1. The normalized spacial score (nSPS) is 19.1. The zero-order chi connectivity index (χ0) is 19.5. The van der Waals surface area contributed by atoms with Gasteiger partial charge in [-0.15, -0.1) is 0 Å². The molecule has 0 aromatic carbocycles. The van der Waals surface area contributed by atoms with Crippen molar-refractivity contribution in [2.24, 2.45) is 0 Å². The van der Waals surface area contributed by atoms with Crippen LogP contribution >= 0.6 is 23.4 Å². The summed E-state index contributed by atoms with van der Waals surface area (Å²) in [6.45, 7) is 2.48. The van der Waals surface area contributed by atoms with Gasteiger partial charge in [-0.2, -0.15) is 0 Å². The number of piperidine rings is 1. The summed E-state index contributed by atoms with van der Waals surface area (Å²) in [6, 6.07) is 3.66. The molecular weight excluding hydrogens is 402 g/mol. The Morgan fingerprint density at radius 2 is 1.93 bits per heavy atom. The zero-order valence-corrected chi connectivity index (χ0v) is 16.9. The summed E-state index contributed by atoms with van der Waals surface area (Å²) < 4.78 is 11.7. The summed E-state index contributed by atoms with van der Waals surface area (Å²) in [5, 5.41) is 11.3. The molecule has 7 nitrogen and oxygen atoms in total. The van der Waals surface area contributed by atoms with Gasteiger partial charge in [-0.3, -0.25) is 0 Å². The average Bonchev–Trinajstić information content (AvgIpc) is 3.14. The molecule has 28 heavy (non-hydrogen) atoms. The first kappa shape index (κ1) is 19.5. The maximum Gasteiger partial charge on any atom is 0.407 e. The summed E-state index contributed by atoms with van der Waals surface area (Å²) in [7, 11) is 0. The first-order valence-electron chi connectivity index (χ1n) is 9.46. The Kier molecular flexibility index (Phi) is 6.08. The predicted molar refractivity (Wildman–Crippen MR) is 104 cm³/mol. The van der Waals surface area contributed by atoms with Crippen LogP contribution in [0.25, 0.3) is 0 Å². The van der Waals surface area contributed by atoms with E-state index >= 15 is 0 Å². The second kappa shape index (κ2) is 8.71. The van der Waals surface area contributed by atoms with E-state index in [2.05, 4.69) is 4.98 Å². The highest BCUT2D eigenvalue weighted by atomic mass is 35.5. The van der Waals surface area contributed by atoms with Crippen molar-refractivity contribution in [3.63, 3.8) is 0 Å². The number of aromatic nitrogens is 2. The van der Waals surface area contributed by atoms with Gasteiger partial charge < -0.3 is 19.2 Å². The van der Waals surface area contributed by atoms with Crippen LogP contribution in [0.1, 0.15) is 49.1 Å². The van der Waals surface area contributed by atoms with Crippen LogP contribution in [0.5, 0.6) is 0 Å². The Hall–Kier alpha value is -1.77. The molecule has 1 amide bonds. The van der Waals surface area contributed by atoms with Crippen LogP contribution in [0.4, 0.5) is 4.79 Å². The number of amides is 1. The van der Waals surface area contributed by atoms with E-state index in [1.807, 2.05) is 6.07 Å². The number of pyridine rings is 1. The molecule has 2 aliphatic rings. The van der Waals surface area contributed by atoms with E-state index in [1.165, 1.54) is 16.7 Å². The lowest BCUT2D eigenvalue weighted by molar-refractivity contribution is 0.0786. The number of carbonyl (C=O) groups is 1. The number of rotatable bonds is 4. The Labute approximate surface area is 172 Å². The van der Waals surface area contributed by atoms with E-state index in [-0.39, 0.29) is 11.8 Å². The van der Waals surface area contributed by atoms with Crippen molar-refractivity contribution in [1.82, 2.24) is 14.9 Å². The second-order valence-corrected chi connectivity index (χ2v) is 8.50. The average molecular weight is 424 g/mol. The topological polar surface area (TPSA) is 88.7 Å². The van der Waals surface area contributed by atoms with E-state index < -0.39 is 6.09 Å². The van der Waals surface area contributed by atoms with Crippen LogP contribution in [0.15, 0.2) is 32.9 Å². The van der Waals surface area contributed by atoms with Crippen LogP contribution in [-0.2, 0) is 4.74 Å². The van der Waals surface area contributed by atoms with Crippen molar-refractivity contribution in [3.05, 3.63) is 34.9 Å². The molecule has 1 N–H and O–H groups in total. The predicted octanol–water partition coefficient (Wildman–Crippen LogP) is 4.63. The first-order chi connectivity index (χ1) is 13.6. The van der Waals surface area contributed by atoms with Gasteiger partial charge in [0.2, 0.25) is 0 Å². The minimum Gasteiger partial charge on any atom is -0.465 e. The molecule has 9 heteroatoms. The van der Waals surface area contributed by atoms with Gasteiger partial charge in [-0.25, -0.2) is 14.8 Å². The number of likely N-dealkylation sites (tertiary alicyclic amines) is 1. The molecule has 2 aliphatic heterocycles. The molecule has 0 spiro atoms. The minimum atomic E-state index is -0.860. The monoisotopic (exact) mass is 423 g/mol. The molecule has 2 saturated heterocycles. The Bertz CT molecular complexity index is 815. The molecule has 0 bridgehead atoms. The third-order valence-corrected chi connectivity index (χ3v) is 6.41. The molecule has 150 valence electrons. The second-order valence-electron chi connectivity index (χ2n) is 7.07. The van der Waals surface area contributed by atoms with Gasteiger partial charge in [0.25, 0.3) is 0 Å². The highest BCUT2D eigenvalue weighted by Gasteiger charge is 2.31. The molecule has 4 heterocycles. The third kappa shape index (κ3) is 4.45. The molecular formula is C19H22ClN3O4S. The number of nitrogens with zero attached hydrogens (tertiary/aromatic N) is 3. The summed E-state index contributed by atoms with van der Waals surface area (Å²) >= 11 is 7.39. The lowest BCUT2D eigenvalue weighted by Crippen LogP contribution is -2.36. The standard InChI is InChI=1S/C19H22ClN3O4S/c20-14-1-2-15(21-11-14)28-18-16(12-3-7-23(8-4-12)19(24)25)22-17(27-18)13-5-9-26-10-6-13/h1-2,11-13H,3-10H2,(H,24,25). The first-order valence-corrected chi connectivity index (χ1v) is 10.6. The van der Waals surface area contributed by atoms with E-state index in [9.17, 15) is 9.90 Å². The van der Waals surface area contributed by atoms with Crippen LogP contribution in [0.2, 0.25) is 5.02 Å². The van der Waals surface area contributed by atoms with Crippen molar-refractivity contribution in [3.8, 4) is 0 Å². The Morgan fingerprint density at radius 1 is 1.18 bits per heavy atom. The van der Waals surface area contributed by atoms with Crippen molar-refractivity contribution >= 4 is 29.5 Å². The van der Waals surface area contributed by atoms with E-state index in [0.717, 1.165) is 60.6 Å². The van der Waals surface area contributed by atoms with Gasteiger partial charge in [-0.1, -0.05) is 11.6 Å². The fourth-order valence-electron chi connectivity index (χ4n) is 3.65. The molecule has 0 unspecified atom stereocenters. The van der Waals surface area contributed by atoms with Crippen molar-refractivity contribution in [1.29, 1.82) is 0 Å². The summed E-state index contributed by atoms with van der Waals surface area (Å²) in [4.78, 5) is 21.9. The Balaban J connectivity index is 1.58. The quantitative estimate of drug-likeness (QED) is 0.766. The summed E-state index contributed by atoms with van der Waals surface area (Å²) in [5.74, 6) is 1.21. The van der Waals surface area contributed by atoms with Gasteiger partial charge >= 0.3 is 6.09 Å². The van der Waals surface area contributed by atoms with Crippen LogP contribution < -0.4 is 0 Å². The lowest BCUT2D eigenvalue weighted by Gasteiger charge is -2.29. The molecule has 0 atom stereocenters. The van der Waals surface area contributed by atoms with Gasteiger partial charge in [0.1, 0.15) is 5.03 Å². The van der Waals surface area contributed by atoms with E-state index in [4.69, 9.17) is 25.7 Å². The number of carboxylic acid groups (broad SMARTS) is 1. The van der Waals surface area contributed by atoms with E-state index in [0.29, 0.717) is 18.1 Å². The van der Waals surface area contributed by atoms with Crippen molar-refractivity contribution in [2.45, 2.75) is 47.6 Å². The van der Waals surface area contributed by atoms with Crippen LogP contribution in [0, 0.1) is 0 Å². The SMILES string of the molecule is O=C(O)N1CCC(c2nc(C3CCOCC3)oc2Sc2ccc(Cl)cn2)CC1. The maximum absolute atomic E-state index is 11.2. The van der Waals surface area contributed by atoms with Crippen molar-refractivity contribution < 1.29 is 19.1 Å². The maximum atomic E-state index is 11.2. The summed E-state index contributed by atoms with van der Waals surface area (Å²) in [6.07, 6.45) is 4.05. The minimum absolute atomic E-state index is 0.183.